The summed E-state index contributed by atoms with van der Waals surface area (Å²) in [6.45, 7) is 1.37. The second-order valence-electron chi connectivity index (χ2n) is 7.49. The van der Waals surface area contributed by atoms with Crippen molar-refractivity contribution in [1.82, 2.24) is 29.8 Å². The number of nitrogens with one attached hydrogen (secondary N) is 2. The number of ether oxygens (including phenoxy) is 1. The first-order valence-electron chi connectivity index (χ1n) is 10.2. The summed E-state index contributed by atoms with van der Waals surface area (Å²) in [5, 5.41) is 10.6. The zero-order valence-electron chi connectivity index (χ0n) is 18.2. The van der Waals surface area contributed by atoms with Crippen molar-refractivity contribution in [3.8, 4) is 17.0 Å². The Kier molecular flexibility index (Phi) is 6.27. The Morgan fingerprint density at radius 3 is 2.78 bits per heavy atom. The van der Waals surface area contributed by atoms with Gasteiger partial charge in [0, 0.05) is 36.5 Å². The Morgan fingerprint density at radius 2 is 2.03 bits per heavy atom. The lowest BCUT2D eigenvalue weighted by atomic mass is 10.1. The molecule has 0 atom stereocenters. The second kappa shape index (κ2) is 9.44. The molecule has 4 aromatic rings. The van der Waals surface area contributed by atoms with Gasteiger partial charge in [-0.05, 0) is 43.9 Å². The number of methoxy groups -OCH3 is 1. The Labute approximate surface area is 186 Å². The van der Waals surface area contributed by atoms with Crippen molar-refractivity contribution in [2.75, 3.05) is 39.6 Å². The highest BCUT2D eigenvalue weighted by Gasteiger charge is 2.12. The number of aromatic nitrogens is 4. The molecule has 2 N–H and O–H groups in total. The van der Waals surface area contributed by atoms with Gasteiger partial charge in [0.05, 0.1) is 25.2 Å². The summed E-state index contributed by atoms with van der Waals surface area (Å²) in [4.78, 5) is 23.5. The molecule has 0 saturated carbocycles. The van der Waals surface area contributed by atoms with E-state index >= 15 is 0 Å². The molecule has 0 unspecified atom stereocenters. The number of rotatable bonds is 8. The maximum atomic E-state index is 12.5. The topological polar surface area (TPSA) is 96.7 Å². The molecule has 1 amide bonds. The molecule has 0 spiro atoms. The minimum atomic E-state index is -0.104. The van der Waals surface area contributed by atoms with Gasteiger partial charge < -0.3 is 20.3 Å². The van der Waals surface area contributed by atoms with E-state index in [4.69, 9.17) is 9.72 Å². The Bertz CT molecular complexity index is 1220. The summed E-state index contributed by atoms with van der Waals surface area (Å²) in [7, 11) is 5.52. The van der Waals surface area contributed by atoms with Crippen LogP contribution in [0, 0.1) is 0 Å². The number of benzene rings is 1. The third-order valence-corrected chi connectivity index (χ3v) is 4.87. The molecule has 0 saturated heterocycles. The Balaban J connectivity index is 1.57. The van der Waals surface area contributed by atoms with Gasteiger partial charge in [0.2, 0.25) is 5.88 Å². The standard InChI is InChI=1S/C23H25N7O2/c1-29(2)12-10-24-23(31)17-6-4-5-16(13-17)19-15-26-30-11-9-20(28-22(19)30)27-18-7-8-21(32-3)25-14-18/h4-9,11,13-15H,10,12H2,1-3H3,(H,24,31)(H,27,28). The zero-order chi connectivity index (χ0) is 22.5. The SMILES string of the molecule is COc1ccc(Nc2ccn3ncc(-c4cccc(C(=O)NCCN(C)C)c4)c3n2)cn1. The summed E-state index contributed by atoms with van der Waals surface area (Å²) in [5.74, 6) is 1.10. The first-order valence-corrected chi connectivity index (χ1v) is 10.2. The fourth-order valence-electron chi connectivity index (χ4n) is 3.19. The predicted octanol–water partition coefficient (Wildman–Crippen LogP) is 2.83. The maximum absolute atomic E-state index is 12.5. The molecule has 9 heteroatoms. The number of nitrogens with zero attached hydrogens (tertiary/aromatic N) is 5. The number of anilines is 2. The van der Waals surface area contributed by atoms with Gasteiger partial charge in [-0.1, -0.05) is 12.1 Å². The van der Waals surface area contributed by atoms with E-state index in [0.717, 1.165) is 23.4 Å². The molecular weight excluding hydrogens is 406 g/mol. The van der Waals surface area contributed by atoms with Crippen LogP contribution in [0.4, 0.5) is 11.5 Å². The van der Waals surface area contributed by atoms with E-state index < -0.39 is 0 Å². The minimum Gasteiger partial charge on any atom is -0.481 e. The lowest BCUT2D eigenvalue weighted by Crippen LogP contribution is -2.31. The minimum absolute atomic E-state index is 0.104. The van der Waals surface area contributed by atoms with Crippen molar-refractivity contribution in [2.45, 2.75) is 0 Å². The average Bonchev–Trinajstić information content (AvgIpc) is 3.23. The van der Waals surface area contributed by atoms with E-state index in [1.807, 2.05) is 55.5 Å². The summed E-state index contributed by atoms with van der Waals surface area (Å²) >= 11 is 0. The van der Waals surface area contributed by atoms with Crippen LogP contribution in [0.5, 0.6) is 5.88 Å². The lowest BCUT2D eigenvalue weighted by molar-refractivity contribution is 0.0951. The van der Waals surface area contributed by atoms with E-state index in [2.05, 4.69) is 20.7 Å². The van der Waals surface area contributed by atoms with Gasteiger partial charge in [0.1, 0.15) is 5.82 Å². The Hall–Kier alpha value is -3.98. The van der Waals surface area contributed by atoms with Crippen LogP contribution in [0.1, 0.15) is 10.4 Å². The van der Waals surface area contributed by atoms with Crippen molar-refractivity contribution in [2.24, 2.45) is 0 Å². The van der Waals surface area contributed by atoms with E-state index in [0.29, 0.717) is 29.5 Å². The van der Waals surface area contributed by atoms with Crippen molar-refractivity contribution in [1.29, 1.82) is 0 Å². The van der Waals surface area contributed by atoms with Crippen LogP contribution >= 0.6 is 0 Å². The van der Waals surface area contributed by atoms with Crippen molar-refractivity contribution in [3.63, 3.8) is 0 Å². The maximum Gasteiger partial charge on any atom is 0.251 e. The van der Waals surface area contributed by atoms with E-state index in [1.54, 1.807) is 36.2 Å². The second-order valence-corrected chi connectivity index (χ2v) is 7.49. The fourth-order valence-corrected chi connectivity index (χ4v) is 3.19. The number of carbonyl (C=O) groups is 1. The molecular formula is C23H25N7O2. The molecule has 164 valence electrons. The molecule has 3 heterocycles. The molecule has 0 aliphatic rings. The van der Waals surface area contributed by atoms with Gasteiger partial charge >= 0.3 is 0 Å². The molecule has 0 aliphatic heterocycles. The van der Waals surface area contributed by atoms with Gasteiger partial charge in [-0.3, -0.25) is 4.79 Å². The molecule has 9 nitrogen and oxygen atoms in total. The third-order valence-electron chi connectivity index (χ3n) is 4.87. The highest BCUT2D eigenvalue weighted by Crippen LogP contribution is 2.26. The molecule has 0 fully saturated rings. The van der Waals surface area contributed by atoms with Crippen LogP contribution < -0.4 is 15.4 Å². The number of pyridine rings is 1. The summed E-state index contributed by atoms with van der Waals surface area (Å²) in [6.07, 6.45) is 5.27. The highest BCUT2D eigenvalue weighted by molar-refractivity contribution is 5.96. The average molecular weight is 432 g/mol. The third kappa shape index (κ3) is 4.84. The quantitative estimate of drug-likeness (QED) is 0.443. The predicted molar refractivity (Wildman–Crippen MR) is 123 cm³/mol. The van der Waals surface area contributed by atoms with Crippen LogP contribution in [0.25, 0.3) is 16.8 Å². The van der Waals surface area contributed by atoms with E-state index in [9.17, 15) is 4.79 Å². The number of amides is 1. The largest absolute Gasteiger partial charge is 0.481 e. The molecule has 3 aromatic heterocycles. The van der Waals surface area contributed by atoms with Crippen LogP contribution in [-0.4, -0.2) is 64.7 Å². The van der Waals surface area contributed by atoms with Crippen LogP contribution in [-0.2, 0) is 0 Å². The molecule has 4 rings (SSSR count). The normalized spacial score (nSPS) is 11.0. The van der Waals surface area contributed by atoms with Gasteiger partial charge in [-0.25, -0.2) is 14.5 Å². The van der Waals surface area contributed by atoms with Gasteiger partial charge in [-0.15, -0.1) is 0 Å². The molecule has 0 radical (unpaired) electrons. The van der Waals surface area contributed by atoms with Crippen molar-refractivity contribution < 1.29 is 9.53 Å². The Morgan fingerprint density at radius 1 is 1.16 bits per heavy atom. The van der Waals surface area contributed by atoms with Crippen LogP contribution in [0.15, 0.2) is 61.1 Å². The smallest absolute Gasteiger partial charge is 0.251 e. The van der Waals surface area contributed by atoms with Crippen molar-refractivity contribution >= 4 is 23.1 Å². The number of fused-ring (bicyclic) bond motifs is 1. The van der Waals surface area contributed by atoms with Gasteiger partial charge in [-0.2, -0.15) is 5.10 Å². The monoisotopic (exact) mass is 431 g/mol. The number of likely N-dealkylation sites (N-methyl/N-ethyl adjacent to an activating group) is 1. The lowest BCUT2D eigenvalue weighted by Gasteiger charge is -2.11. The number of hydrogen-bond donors (Lipinski definition) is 2. The molecule has 0 aliphatic carbocycles. The summed E-state index contributed by atoms with van der Waals surface area (Å²) in [5.41, 5.74) is 3.78. The number of carbonyl (C=O) groups excluding carboxylic acids is 1. The van der Waals surface area contributed by atoms with Crippen molar-refractivity contribution in [3.05, 3.63) is 66.6 Å². The van der Waals surface area contributed by atoms with Gasteiger partial charge in [0.15, 0.2) is 5.65 Å². The summed E-state index contributed by atoms with van der Waals surface area (Å²) in [6, 6.07) is 13.0. The first-order chi connectivity index (χ1) is 15.5. The van der Waals surface area contributed by atoms with Crippen LogP contribution in [0.2, 0.25) is 0 Å². The van der Waals surface area contributed by atoms with E-state index in [1.165, 1.54) is 0 Å². The summed E-state index contributed by atoms with van der Waals surface area (Å²) < 4.78 is 6.80. The van der Waals surface area contributed by atoms with Gasteiger partial charge in [0.25, 0.3) is 5.91 Å². The molecule has 32 heavy (non-hydrogen) atoms. The van der Waals surface area contributed by atoms with E-state index in [-0.39, 0.29) is 5.91 Å². The molecule has 0 bridgehead atoms. The first kappa shape index (κ1) is 21.3. The number of hydrogen-bond acceptors (Lipinski definition) is 7. The highest BCUT2D eigenvalue weighted by atomic mass is 16.5. The van der Waals surface area contributed by atoms with Crippen LogP contribution in [0.3, 0.4) is 0 Å². The fraction of sp³-hybridized carbons (Fsp3) is 0.217. The zero-order valence-corrected chi connectivity index (χ0v) is 18.2. The molecule has 1 aromatic carbocycles.